The van der Waals surface area contributed by atoms with Crippen LogP contribution in [0.4, 0.5) is 11.4 Å². The minimum absolute atomic E-state index is 0.0483. The molecule has 0 aromatic heterocycles. The van der Waals surface area contributed by atoms with Gasteiger partial charge in [0.25, 0.3) is 0 Å². The molecule has 0 saturated carbocycles. The summed E-state index contributed by atoms with van der Waals surface area (Å²) in [5.41, 5.74) is 20.4. The van der Waals surface area contributed by atoms with Crippen molar-refractivity contribution in [2.75, 3.05) is 11.5 Å². The van der Waals surface area contributed by atoms with Gasteiger partial charge in [0.05, 0.1) is 0 Å². The lowest BCUT2D eigenvalue weighted by Crippen LogP contribution is -2.18. The predicted molar refractivity (Wildman–Crippen MR) is 178 cm³/mol. The molecule has 0 saturated heterocycles. The van der Waals surface area contributed by atoms with Crippen molar-refractivity contribution in [3.8, 4) is 23.0 Å². The average molecular weight is 565 g/mol. The summed E-state index contributed by atoms with van der Waals surface area (Å²) in [6.07, 6.45) is 1.95. The van der Waals surface area contributed by atoms with Crippen molar-refractivity contribution >= 4 is 11.4 Å². The Morgan fingerprint density at radius 3 is 1.24 bits per heavy atom. The molecule has 222 valence electrons. The zero-order valence-electron chi connectivity index (χ0n) is 26.9. The van der Waals surface area contributed by atoms with Crippen LogP contribution in [0.5, 0.6) is 23.0 Å². The highest BCUT2D eigenvalue weighted by atomic mass is 16.5. The SMILES string of the molecule is CCCC(c1c(C)ccc(C(C)(C)C)c1Oc1ccc(N)cc1)c1c(C)ccc(C(C)(C)C)c1Oc1ccc(N)cc1. The molecule has 0 atom stereocenters. The summed E-state index contributed by atoms with van der Waals surface area (Å²) in [6.45, 7) is 20.1. The van der Waals surface area contributed by atoms with Crippen molar-refractivity contribution in [3.63, 3.8) is 0 Å². The number of nitrogen functional groups attached to an aromatic ring is 2. The minimum Gasteiger partial charge on any atom is -0.457 e. The van der Waals surface area contributed by atoms with Crippen molar-refractivity contribution < 1.29 is 9.47 Å². The molecule has 0 bridgehead atoms. The molecule has 0 aliphatic heterocycles. The van der Waals surface area contributed by atoms with Crippen molar-refractivity contribution in [1.82, 2.24) is 0 Å². The van der Waals surface area contributed by atoms with Crippen LogP contribution in [-0.2, 0) is 10.8 Å². The number of benzene rings is 4. The van der Waals surface area contributed by atoms with Crippen LogP contribution < -0.4 is 20.9 Å². The summed E-state index contributed by atoms with van der Waals surface area (Å²) in [6, 6.07) is 24.3. The Morgan fingerprint density at radius 1 is 0.571 bits per heavy atom. The molecule has 0 unspecified atom stereocenters. The van der Waals surface area contributed by atoms with E-state index < -0.39 is 0 Å². The number of aryl methyl sites for hydroxylation is 2. The lowest BCUT2D eigenvalue weighted by Gasteiger charge is -2.32. The number of rotatable bonds is 8. The largest absolute Gasteiger partial charge is 0.457 e. The summed E-state index contributed by atoms with van der Waals surface area (Å²) in [4.78, 5) is 0. The standard InChI is InChI=1S/C38H48N2O2/c1-10-11-30(33-24(2)12-22-31(37(4,5)6)35(33)41-28-18-14-26(39)15-19-28)34-25(3)13-23-32(38(7,8)9)36(34)42-29-20-16-27(40)17-21-29/h12-23,30H,10-11,39-40H2,1-9H3. The van der Waals surface area contributed by atoms with E-state index in [-0.39, 0.29) is 16.7 Å². The highest BCUT2D eigenvalue weighted by Gasteiger charge is 2.32. The van der Waals surface area contributed by atoms with Gasteiger partial charge in [-0.2, -0.15) is 0 Å². The number of anilines is 2. The molecule has 4 N–H and O–H groups in total. The van der Waals surface area contributed by atoms with Crippen LogP contribution in [0.3, 0.4) is 0 Å². The number of hydrogen-bond acceptors (Lipinski definition) is 4. The maximum atomic E-state index is 6.85. The van der Waals surface area contributed by atoms with Crippen LogP contribution in [0.1, 0.15) is 101 Å². The van der Waals surface area contributed by atoms with Crippen LogP contribution >= 0.6 is 0 Å². The fraction of sp³-hybridized carbons (Fsp3) is 0.368. The van der Waals surface area contributed by atoms with Gasteiger partial charge in [-0.3, -0.25) is 0 Å². The first-order valence-corrected chi connectivity index (χ1v) is 15.1. The number of nitrogens with two attached hydrogens (primary N) is 2. The second kappa shape index (κ2) is 12.1. The molecular formula is C38H48N2O2. The third-order valence-corrected chi connectivity index (χ3v) is 7.92. The van der Waals surface area contributed by atoms with E-state index in [2.05, 4.69) is 86.6 Å². The van der Waals surface area contributed by atoms with Crippen LogP contribution in [-0.4, -0.2) is 0 Å². The van der Waals surface area contributed by atoms with Gasteiger partial charge < -0.3 is 20.9 Å². The summed E-state index contributed by atoms with van der Waals surface area (Å²) >= 11 is 0. The fourth-order valence-corrected chi connectivity index (χ4v) is 5.69. The van der Waals surface area contributed by atoms with Crippen LogP contribution in [0.2, 0.25) is 0 Å². The summed E-state index contributed by atoms with van der Waals surface area (Å²) in [7, 11) is 0. The molecule has 4 heteroatoms. The molecule has 42 heavy (non-hydrogen) atoms. The first-order chi connectivity index (χ1) is 19.7. The summed E-state index contributed by atoms with van der Waals surface area (Å²) < 4.78 is 13.7. The Kier molecular flexibility index (Phi) is 8.96. The van der Waals surface area contributed by atoms with Crippen LogP contribution in [0.15, 0.2) is 72.8 Å². The first-order valence-electron chi connectivity index (χ1n) is 15.1. The molecule has 0 amide bonds. The quantitative estimate of drug-likeness (QED) is 0.209. The Balaban J connectivity index is 2.04. The van der Waals surface area contributed by atoms with Crippen LogP contribution in [0.25, 0.3) is 0 Å². The van der Waals surface area contributed by atoms with E-state index in [1.54, 1.807) is 0 Å². The van der Waals surface area contributed by atoms with E-state index in [0.717, 1.165) is 35.8 Å². The molecule has 0 heterocycles. The first kappa shape index (κ1) is 31.0. The van der Waals surface area contributed by atoms with Gasteiger partial charge in [0.15, 0.2) is 0 Å². The molecule has 0 aliphatic rings. The van der Waals surface area contributed by atoms with Gasteiger partial charge in [-0.15, -0.1) is 0 Å². The van der Waals surface area contributed by atoms with Crippen molar-refractivity contribution in [2.45, 2.75) is 91.9 Å². The van der Waals surface area contributed by atoms with Gasteiger partial charge in [0, 0.05) is 39.5 Å². The molecule has 4 nitrogen and oxygen atoms in total. The molecule has 0 aliphatic carbocycles. The van der Waals surface area contributed by atoms with Gasteiger partial charge in [-0.1, -0.05) is 79.2 Å². The average Bonchev–Trinajstić information content (AvgIpc) is 2.89. The summed E-state index contributed by atoms with van der Waals surface area (Å²) in [5.74, 6) is 3.44. The second-order valence-corrected chi connectivity index (χ2v) is 13.5. The molecule has 4 rings (SSSR count). The van der Waals surface area contributed by atoms with Gasteiger partial charge >= 0.3 is 0 Å². The fourth-order valence-electron chi connectivity index (χ4n) is 5.69. The van der Waals surface area contributed by atoms with Gasteiger partial charge in [-0.25, -0.2) is 0 Å². The van der Waals surface area contributed by atoms with E-state index in [4.69, 9.17) is 20.9 Å². The third kappa shape index (κ3) is 6.75. The van der Waals surface area contributed by atoms with E-state index in [1.165, 1.54) is 33.4 Å². The van der Waals surface area contributed by atoms with Gasteiger partial charge in [-0.05, 0) is 90.8 Å². The number of hydrogen-bond donors (Lipinski definition) is 2. The molecule has 4 aromatic carbocycles. The van der Waals surface area contributed by atoms with E-state index >= 15 is 0 Å². The van der Waals surface area contributed by atoms with Crippen LogP contribution in [0, 0.1) is 13.8 Å². The van der Waals surface area contributed by atoms with E-state index in [9.17, 15) is 0 Å². The zero-order valence-corrected chi connectivity index (χ0v) is 26.9. The Labute approximate surface area is 253 Å². The van der Waals surface area contributed by atoms with Gasteiger partial charge in [0.2, 0.25) is 0 Å². The normalized spacial score (nSPS) is 12.0. The zero-order chi connectivity index (χ0) is 30.8. The Bertz CT molecular complexity index is 1410. The van der Waals surface area contributed by atoms with E-state index in [0.29, 0.717) is 11.4 Å². The maximum absolute atomic E-state index is 6.85. The molecule has 0 spiro atoms. The van der Waals surface area contributed by atoms with Gasteiger partial charge in [0.1, 0.15) is 23.0 Å². The van der Waals surface area contributed by atoms with Crippen molar-refractivity contribution in [3.05, 3.63) is 106 Å². The molecule has 4 aromatic rings. The maximum Gasteiger partial charge on any atom is 0.135 e. The monoisotopic (exact) mass is 564 g/mol. The molecular weight excluding hydrogens is 516 g/mol. The lowest BCUT2D eigenvalue weighted by atomic mass is 9.75. The van der Waals surface area contributed by atoms with E-state index in [1.807, 2.05) is 48.5 Å². The third-order valence-electron chi connectivity index (χ3n) is 7.92. The number of ether oxygens (including phenoxy) is 2. The second-order valence-electron chi connectivity index (χ2n) is 13.5. The van der Waals surface area contributed by atoms with Crippen molar-refractivity contribution in [1.29, 1.82) is 0 Å². The molecule has 0 fully saturated rings. The summed E-state index contributed by atoms with van der Waals surface area (Å²) in [5, 5.41) is 0. The lowest BCUT2D eigenvalue weighted by molar-refractivity contribution is 0.433. The predicted octanol–water partition coefficient (Wildman–Crippen LogP) is 10.6. The van der Waals surface area contributed by atoms with Crippen molar-refractivity contribution in [2.24, 2.45) is 0 Å². The Morgan fingerprint density at radius 2 is 0.929 bits per heavy atom. The molecule has 0 radical (unpaired) electrons. The topological polar surface area (TPSA) is 70.5 Å². The minimum atomic E-state index is -0.131. The highest BCUT2D eigenvalue weighted by molar-refractivity contribution is 5.61. The highest BCUT2D eigenvalue weighted by Crippen LogP contribution is 2.50. The Hall–Kier alpha value is -3.92. The smallest absolute Gasteiger partial charge is 0.135 e.